The van der Waals surface area contributed by atoms with Gasteiger partial charge in [0.15, 0.2) is 5.70 Å². The van der Waals surface area contributed by atoms with Gasteiger partial charge < -0.3 is 4.74 Å². The summed E-state index contributed by atoms with van der Waals surface area (Å²) in [6.45, 7) is 3.85. The highest BCUT2D eigenvalue weighted by atomic mass is 16.5. The Morgan fingerprint density at radius 3 is 3.00 bits per heavy atom. The van der Waals surface area contributed by atoms with E-state index in [0.717, 1.165) is 16.0 Å². The van der Waals surface area contributed by atoms with Crippen LogP contribution in [0.3, 0.4) is 0 Å². The van der Waals surface area contributed by atoms with Gasteiger partial charge in [0.1, 0.15) is 0 Å². The van der Waals surface area contributed by atoms with E-state index in [0.29, 0.717) is 5.70 Å². The molecule has 14 heavy (non-hydrogen) atoms. The molecule has 3 nitrogen and oxygen atoms in total. The van der Waals surface area contributed by atoms with Crippen LogP contribution in [0.15, 0.2) is 23.2 Å². The SMILES string of the molecule is C=c1cccc2c1=C(C(=O)OC)N=C2. The largest absolute Gasteiger partial charge is 0.464 e. The normalized spacial score (nSPS) is 12.8. The zero-order chi connectivity index (χ0) is 10.1. The van der Waals surface area contributed by atoms with Gasteiger partial charge in [-0.15, -0.1) is 0 Å². The van der Waals surface area contributed by atoms with Crippen LogP contribution in [0.4, 0.5) is 0 Å². The molecule has 0 aliphatic carbocycles. The van der Waals surface area contributed by atoms with Gasteiger partial charge in [-0.1, -0.05) is 24.8 Å². The smallest absolute Gasteiger partial charge is 0.357 e. The lowest BCUT2D eigenvalue weighted by molar-refractivity contribution is -0.133. The fourth-order valence-electron chi connectivity index (χ4n) is 1.47. The molecule has 2 rings (SSSR count). The van der Waals surface area contributed by atoms with Crippen molar-refractivity contribution in [3.8, 4) is 0 Å². The molecule has 0 bridgehead atoms. The Balaban J connectivity index is 2.80. The molecule has 0 aromatic heterocycles. The number of ether oxygens (including phenoxy) is 1. The first-order valence-corrected chi connectivity index (χ1v) is 4.18. The molecule has 70 valence electrons. The molecule has 0 saturated carbocycles. The third-order valence-corrected chi connectivity index (χ3v) is 2.13. The van der Waals surface area contributed by atoms with Gasteiger partial charge in [0, 0.05) is 17.0 Å². The highest BCUT2D eigenvalue weighted by Crippen LogP contribution is 2.04. The second-order valence-corrected chi connectivity index (χ2v) is 2.98. The molecule has 0 fully saturated rings. The number of nitrogens with zero attached hydrogens (tertiary/aromatic N) is 1. The Hall–Kier alpha value is -1.90. The monoisotopic (exact) mass is 187 g/mol. The topological polar surface area (TPSA) is 38.7 Å². The molecule has 1 aromatic carbocycles. The molecule has 1 aromatic rings. The Morgan fingerprint density at radius 2 is 2.29 bits per heavy atom. The number of esters is 1. The summed E-state index contributed by atoms with van der Waals surface area (Å²) in [6.07, 6.45) is 1.65. The highest BCUT2D eigenvalue weighted by molar-refractivity contribution is 6.14. The second-order valence-electron chi connectivity index (χ2n) is 2.98. The number of benzene rings is 1. The molecular weight excluding hydrogens is 178 g/mol. The van der Waals surface area contributed by atoms with Gasteiger partial charge >= 0.3 is 5.97 Å². The van der Waals surface area contributed by atoms with Crippen LogP contribution in [-0.4, -0.2) is 19.3 Å². The summed E-state index contributed by atoms with van der Waals surface area (Å²) < 4.78 is 4.63. The van der Waals surface area contributed by atoms with Crippen LogP contribution in [-0.2, 0) is 9.53 Å². The third kappa shape index (κ3) is 1.14. The summed E-state index contributed by atoms with van der Waals surface area (Å²) in [5.41, 5.74) is 1.26. The first-order chi connectivity index (χ1) is 6.74. The minimum Gasteiger partial charge on any atom is -0.464 e. The summed E-state index contributed by atoms with van der Waals surface area (Å²) >= 11 is 0. The van der Waals surface area contributed by atoms with E-state index in [-0.39, 0.29) is 0 Å². The van der Waals surface area contributed by atoms with Crippen molar-refractivity contribution in [2.75, 3.05) is 7.11 Å². The van der Waals surface area contributed by atoms with Crippen molar-refractivity contribution in [2.45, 2.75) is 0 Å². The first kappa shape index (κ1) is 8.69. The number of rotatable bonds is 1. The number of fused-ring (bicyclic) bond motifs is 1. The lowest BCUT2D eigenvalue weighted by Crippen LogP contribution is -2.28. The Kier molecular flexibility index (Phi) is 1.93. The molecule has 0 saturated heterocycles. The third-order valence-electron chi connectivity index (χ3n) is 2.13. The molecule has 1 heterocycles. The summed E-state index contributed by atoms with van der Waals surface area (Å²) in [5, 5.41) is 1.57. The fourth-order valence-corrected chi connectivity index (χ4v) is 1.47. The molecule has 3 heteroatoms. The van der Waals surface area contributed by atoms with E-state index in [1.54, 1.807) is 6.21 Å². The number of carbonyl (C=O) groups excluding carboxylic acids is 1. The fraction of sp³-hybridized carbons (Fsp3) is 0.0909. The van der Waals surface area contributed by atoms with E-state index in [2.05, 4.69) is 16.3 Å². The second kappa shape index (κ2) is 3.10. The van der Waals surface area contributed by atoms with E-state index in [4.69, 9.17) is 0 Å². The van der Waals surface area contributed by atoms with Crippen molar-refractivity contribution in [2.24, 2.45) is 4.99 Å². The van der Waals surface area contributed by atoms with Crippen molar-refractivity contribution in [1.82, 2.24) is 0 Å². The average Bonchev–Trinajstić information content (AvgIpc) is 2.62. The lowest BCUT2D eigenvalue weighted by atomic mass is 10.1. The average molecular weight is 187 g/mol. The molecule has 0 amide bonds. The van der Waals surface area contributed by atoms with Crippen LogP contribution in [0, 0.1) is 0 Å². The van der Waals surface area contributed by atoms with Gasteiger partial charge in [-0.25, -0.2) is 9.79 Å². The van der Waals surface area contributed by atoms with Crippen molar-refractivity contribution in [3.05, 3.63) is 34.2 Å². The number of hydrogen-bond donors (Lipinski definition) is 0. The summed E-state index contributed by atoms with van der Waals surface area (Å²) in [6, 6.07) is 5.62. The molecule has 0 atom stereocenters. The van der Waals surface area contributed by atoms with E-state index in [1.165, 1.54) is 7.11 Å². The van der Waals surface area contributed by atoms with Gasteiger partial charge in [-0.2, -0.15) is 0 Å². The molecule has 0 N–H and O–H groups in total. The standard InChI is InChI=1S/C11H9NO2/c1-7-4-3-5-8-6-12-10(9(7)8)11(13)14-2/h3-6H,1H2,2H3. The van der Waals surface area contributed by atoms with E-state index in [1.807, 2.05) is 18.2 Å². The van der Waals surface area contributed by atoms with Crippen molar-refractivity contribution < 1.29 is 9.53 Å². The Bertz CT molecular complexity index is 529. The van der Waals surface area contributed by atoms with E-state index >= 15 is 0 Å². The number of carbonyl (C=O) groups is 1. The zero-order valence-corrected chi connectivity index (χ0v) is 7.78. The zero-order valence-electron chi connectivity index (χ0n) is 7.78. The maximum absolute atomic E-state index is 11.3. The van der Waals surface area contributed by atoms with Crippen LogP contribution < -0.4 is 10.4 Å². The van der Waals surface area contributed by atoms with Gasteiger partial charge in [0.25, 0.3) is 0 Å². The van der Waals surface area contributed by atoms with E-state index in [9.17, 15) is 4.79 Å². The summed E-state index contributed by atoms with van der Waals surface area (Å²) in [5.74, 6) is -0.420. The number of aliphatic imine (C=N–C) groups is 1. The maximum atomic E-state index is 11.3. The first-order valence-electron chi connectivity index (χ1n) is 4.18. The van der Waals surface area contributed by atoms with Gasteiger partial charge in [0.05, 0.1) is 7.11 Å². The quantitative estimate of drug-likeness (QED) is 0.572. The van der Waals surface area contributed by atoms with Crippen LogP contribution in [0.1, 0.15) is 5.56 Å². The highest BCUT2D eigenvalue weighted by Gasteiger charge is 2.15. The molecule has 1 aliphatic rings. The van der Waals surface area contributed by atoms with Gasteiger partial charge in [-0.3, -0.25) is 0 Å². The minimum atomic E-state index is -0.420. The lowest BCUT2D eigenvalue weighted by Gasteiger charge is -1.96. The van der Waals surface area contributed by atoms with Crippen LogP contribution in [0.2, 0.25) is 0 Å². The Labute approximate surface area is 81.0 Å². The Morgan fingerprint density at radius 1 is 1.50 bits per heavy atom. The van der Waals surface area contributed by atoms with Crippen molar-refractivity contribution in [3.63, 3.8) is 0 Å². The maximum Gasteiger partial charge on any atom is 0.357 e. The summed E-state index contributed by atoms with van der Waals surface area (Å²) in [7, 11) is 1.34. The number of methoxy groups -OCH3 is 1. The predicted molar refractivity (Wildman–Crippen MR) is 54.2 cm³/mol. The van der Waals surface area contributed by atoms with Crippen LogP contribution in [0.25, 0.3) is 12.3 Å². The predicted octanol–water partition coefficient (Wildman–Crippen LogP) is -0.189. The molecule has 1 aliphatic heterocycles. The summed E-state index contributed by atoms with van der Waals surface area (Å²) in [4.78, 5) is 15.3. The van der Waals surface area contributed by atoms with Crippen molar-refractivity contribution >= 4 is 24.5 Å². The van der Waals surface area contributed by atoms with Crippen LogP contribution in [0.5, 0.6) is 0 Å². The van der Waals surface area contributed by atoms with Gasteiger partial charge in [-0.05, 0) is 5.22 Å². The number of hydrogen-bond acceptors (Lipinski definition) is 3. The minimum absolute atomic E-state index is 0.341. The molecule has 0 spiro atoms. The van der Waals surface area contributed by atoms with E-state index < -0.39 is 5.97 Å². The molecular formula is C11H9NO2. The van der Waals surface area contributed by atoms with Crippen LogP contribution >= 0.6 is 0 Å². The van der Waals surface area contributed by atoms with Crippen molar-refractivity contribution in [1.29, 1.82) is 0 Å². The molecule has 0 unspecified atom stereocenters. The molecule has 0 radical (unpaired) electrons. The van der Waals surface area contributed by atoms with Gasteiger partial charge in [0.2, 0.25) is 0 Å².